The third kappa shape index (κ3) is 9.46. The number of carbonyl (C=O) groups is 3. The molecule has 6 rings (SSSR count). The van der Waals surface area contributed by atoms with E-state index in [4.69, 9.17) is 26.2 Å². The highest BCUT2D eigenvalue weighted by atomic mass is 19.4. The maximum atomic E-state index is 14.7. The van der Waals surface area contributed by atoms with Crippen molar-refractivity contribution in [2.24, 2.45) is 11.7 Å². The number of fused-ring (bicyclic) bond motifs is 1. The topological polar surface area (TPSA) is 183 Å². The van der Waals surface area contributed by atoms with Gasteiger partial charge in [-0.15, -0.1) is 0 Å². The van der Waals surface area contributed by atoms with Crippen LogP contribution in [0.4, 0.5) is 22.0 Å². The number of nitrogens with two attached hydrogens (primary N) is 1. The van der Waals surface area contributed by atoms with Gasteiger partial charge in [0.15, 0.2) is 29.3 Å². The molecular weight excluding hydrogens is 769 g/mol. The predicted molar refractivity (Wildman–Crippen MR) is 202 cm³/mol. The highest BCUT2D eigenvalue weighted by Crippen LogP contribution is 2.41. The molecular formula is C42H44F5N3O8. The number of piperidine rings is 1. The number of aliphatic hydroxyl groups is 2. The van der Waals surface area contributed by atoms with Crippen LogP contribution in [0.1, 0.15) is 52.9 Å². The van der Waals surface area contributed by atoms with Crippen molar-refractivity contribution in [3.8, 4) is 11.1 Å². The van der Waals surface area contributed by atoms with Crippen LogP contribution in [0.2, 0.25) is 0 Å². The Morgan fingerprint density at radius 1 is 0.845 bits per heavy atom. The maximum Gasteiger partial charge on any atom is 0.416 e. The second-order valence-electron chi connectivity index (χ2n) is 14.7. The molecule has 0 bridgehead atoms. The van der Waals surface area contributed by atoms with Gasteiger partial charge in [0.25, 0.3) is 0 Å². The minimum absolute atomic E-state index is 0.117. The highest BCUT2D eigenvalue weighted by Gasteiger charge is 2.49. The first-order valence-electron chi connectivity index (χ1n) is 18.6. The van der Waals surface area contributed by atoms with Crippen LogP contribution in [-0.4, -0.2) is 80.1 Å². The number of halogens is 5. The molecule has 3 atom stereocenters. The van der Waals surface area contributed by atoms with E-state index in [1.807, 2.05) is 35.9 Å². The number of carboxylic acid groups (broad SMARTS) is 2. The van der Waals surface area contributed by atoms with Crippen molar-refractivity contribution < 1.29 is 56.8 Å². The van der Waals surface area contributed by atoms with Crippen molar-refractivity contribution in [2.75, 3.05) is 20.1 Å². The molecule has 0 saturated carbocycles. The predicted octanol–water partition coefficient (Wildman–Crippen LogP) is 4.73. The van der Waals surface area contributed by atoms with Crippen LogP contribution in [0, 0.1) is 17.6 Å². The Morgan fingerprint density at radius 3 is 1.95 bits per heavy atom. The summed E-state index contributed by atoms with van der Waals surface area (Å²) in [7, 11) is 2.03. The third-order valence-corrected chi connectivity index (χ3v) is 11.0. The van der Waals surface area contributed by atoms with Gasteiger partial charge in [-0.05, 0) is 111 Å². The number of aryl methyl sites for hydroxylation is 2. The summed E-state index contributed by atoms with van der Waals surface area (Å²) in [6.45, 7) is 1.50. The number of rotatable bonds is 12. The van der Waals surface area contributed by atoms with Gasteiger partial charge < -0.3 is 35.6 Å². The van der Waals surface area contributed by atoms with E-state index in [1.54, 1.807) is 6.07 Å². The molecule has 1 saturated heterocycles. The summed E-state index contributed by atoms with van der Waals surface area (Å²) in [6.07, 6.45) is -5.15. The smallest absolute Gasteiger partial charge is 0.416 e. The van der Waals surface area contributed by atoms with E-state index < -0.39 is 59.0 Å². The molecule has 0 spiro atoms. The fourth-order valence-electron chi connectivity index (χ4n) is 7.94. The van der Waals surface area contributed by atoms with Gasteiger partial charge in [-0.3, -0.25) is 9.59 Å². The number of pyridine rings is 1. The molecule has 310 valence electrons. The molecule has 1 amide bonds. The summed E-state index contributed by atoms with van der Waals surface area (Å²) in [6, 6.07) is 17.9. The van der Waals surface area contributed by atoms with Crippen molar-refractivity contribution in [2.45, 2.75) is 75.3 Å². The number of aliphatic carboxylic acids is 2. The standard InChI is InChI=1S/C38H38F5N3O2.C4H6O6/c1-45-20-18-28(19-21-45)37(36(44)48,23-24-8-10-25(11-9-24)26-12-15-29(16-13-26)38(41,42)43)46-30(22-34(47)31-5-3-7-33(31)46)17-14-27-4-2-6-32(39)35(27)40;5-1(3(7)8)2(6)4(9)10/h2,4,6,8-13,15-16,22,28H,3,5,7,14,17-21,23H2,1H3,(H2,44,48);1-2,5-6H,(H,7,8)(H,9,10). The monoisotopic (exact) mass is 813 g/mol. The number of amides is 1. The van der Waals surface area contributed by atoms with Crippen molar-refractivity contribution in [3.63, 3.8) is 0 Å². The summed E-state index contributed by atoms with van der Waals surface area (Å²) in [5, 5.41) is 32.5. The Balaban J connectivity index is 0.000000567. The maximum absolute atomic E-state index is 14.7. The zero-order chi connectivity index (χ0) is 42.5. The lowest BCUT2D eigenvalue weighted by Crippen LogP contribution is -2.57. The van der Waals surface area contributed by atoms with E-state index in [2.05, 4.69) is 4.90 Å². The van der Waals surface area contributed by atoms with Gasteiger partial charge >= 0.3 is 18.1 Å². The lowest BCUT2D eigenvalue weighted by Gasteiger charge is -2.46. The number of aromatic nitrogens is 1. The number of hydrogen-bond acceptors (Lipinski definition) is 7. The molecule has 1 aliphatic carbocycles. The van der Waals surface area contributed by atoms with E-state index in [0.29, 0.717) is 42.5 Å². The minimum Gasteiger partial charge on any atom is -0.479 e. The Bertz CT molecular complexity index is 2170. The molecule has 3 aromatic carbocycles. The van der Waals surface area contributed by atoms with E-state index >= 15 is 0 Å². The Hall–Kier alpha value is -5.45. The van der Waals surface area contributed by atoms with E-state index in [9.17, 15) is 41.1 Å². The van der Waals surface area contributed by atoms with Gasteiger partial charge in [-0.2, -0.15) is 13.2 Å². The molecule has 58 heavy (non-hydrogen) atoms. The van der Waals surface area contributed by atoms with Crippen LogP contribution < -0.4 is 11.2 Å². The average molecular weight is 814 g/mol. The Kier molecular flexibility index (Phi) is 13.6. The molecule has 1 aromatic heterocycles. The normalized spacial score (nSPS) is 16.7. The first kappa shape index (κ1) is 43.7. The van der Waals surface area contributed by atoms with Crippen LogP contribution >= 0.6 is 0 Å². The summed E-state index contributed by atoms with van der Waals surface area (Å²) >= 11 is 0. The summed E-state index contributed by atoms with van der Waals surface area (Å²) in [5.74, 6) is -6.13. The number of carboxylic acids is 2. The molecule has 6 N–H and O–H groups in total. The van der Waals surface area contributed by atoms with E-state index in [-0.39, 0.29) is 36.2 Å². The number of primary amides is 1. The highest BCUT2D eigenvalue weighted by molar-refractivity contribution is 5.84. The molecule has 11 nitrogen and oxygen atoms in total. The number of nitrogens with zero attached hydrogens (tertiary/aromatic N) is 2. The fraction of sp³-hybridized carbons (Fsp3) is 0.381. The lowest BCUT2D eigenvalue weighted by molar-refractivity contribution is -0.165. The van der Waals surface area contributed by atoms with E-state index in [0.717, 1.165) is 54.5 Å². The molecule has 3 unspecified atom stereocenters. The minimum atomic E-state index is -4.43. The third-order valence-electron chi connectivity index (χ3n) is 11.0. The van der Waals surface area contributed by atoms with Gasteiger partial charge in [0, 0.05) is 29.4 Å². The zero-order valence-corrected chi connectivity index (χ0v) is 31.5. The molecule has 1 aliphatic heterocycles. The average Bonchev–Trinajstić information content (AvgIpc) is 3.68. The summed E-state index contributed by atoms with van der Waals surface area (Å²) in [4.78, 5) is 49.3. The lowest BCUT2D eigenvalue weighted by atomic mass is 9.72. The summed E-state index contributed by atoms with van der Waals surface area (Å²) < 4.78 is 70.2. The largest absolute Gasteiger partial charge is 0.479 e. The van der Waals surface area contributed by atoms with Crippen LogP contribution in [0.25, 0.3) is 11.1 Å². The van der Waals surface area contributed by atoms with Crippen LogP contribution in [0.5, 0.6) is 0 Å². The van der Waals surface area contributed by atoms with Gasteiger partial charge in [-0.25, -0.2) is 18.4 Å². The van der Waals surface area contributed by atoms with Gasteiger partial charge in [0.05, 0.1) is 5.56 Å². The Labute approximate surface area is 330 Å². The first-order valence-corrected chi connectivity index (χ1v) is 18.6. The Morgan fingerprint density at radius 2 is 1.41 bits per heavy atom. The first-order chi connectivity index (χ1) is 27.3. The van der Waals surface area contributed by atoms with Gasteiger partial charge in [-0.1, -0.05) is 48.5 Å². The second-order valence-corrected chi connectivity index (χ2v) is 14.7. The number of benzene rings is 3. The molecule has 2 heterocycles. The second kappa shape index (κ2) is 18.0. The van der Waals surface area contributed by atoms with Crippen LogP contribution in [0.15, 0.2) is 77.6 Å². The van der Waals surface area contributed by atoms with Crippen molar-refractivity contribution >= 4 is 17.8 Å². The number of carbonyl (C=O) groups excluding carboxylic acids is 1. The number of hydrogen-bond donors (Lipinski definition) is 5. The number of aliphatic hydroxyl groups excluding tert-OH is 2. The fourth-order valence-corrected chi connectivity index (χ4v) is 7.94. The van der Waals surface area contributed by atoms with Crippen molar-refractivity contribution in [3.05, 3.63) is 128 Å². The van der Waals surface area contributed by atoms with Gasteiger partial charge in [0.2, 0.25) is 5.91 Å². The SMILES string of the molecule is CN1CCC(C(Cc2ccc(-c3ccc(C(F)(F)F)cc3)cc2)(C(N)=O)n2c(CCc3cccc(F)c3F)cc(=O)c3c2CCC3)CC1.O=C(O)C(O)C(O)C(=O)O. The molecule has 0 radical (unpaired) electrons. The molecule has 4 aromatic rings. The molecule has 16 heteroatoms. The number of alkyl halides is 3. The quantitative estimate of drug-likeness (QED) is 0.126. The molecule has 1 fully saturated rings. The van der Waals surface area contributed by atoms with E-state index in [1.165, 1.54) is 24.3 Å². The number of likely N-dealkylation sites (tertiary alicyclic amines) is 1. The van der Waals surface area contributed by atoms with Crippen LogP contribution in [-0.2, 0) is 58.2 Å². The van der Waals surface area contributed by atoms with Crippen molar-refractivity contribution in [1.82, 2.24) is 9.47 Å². The van der Waals surface area contributed by atoms with Gasteiger partial charge in [0.1, 0.15) is 5.54 Å². The van der Waals surface area contributed by atoms with Crippen molar-refractivity contribution in [1.29, 1.82) is 0 Å². The zero-order valence-electron chi connectivity index (χ0n) is 31.5. The molecule has 2 aliphatic rings. The van der Waals surface area contributed by atoms with Crippen LogP contribution in [0.3, 0.4) is 0 Å². The summed E-state index contributed by atoms with van der Waals surface area (Å²) in [5.41, 5.74) is 8.68.